The number of nitrogens with zero attached hydrogens (tertiary/aromatic N) is 4. The fraction of sp³-hybridized carbons (Fsp3) is 0.465. The third kappa shape index (κ3) is 18.6. The molecule has 544 valence electrons. The number of ether oxygens (including phenoxy) is 6. The molecule has 0 saturated carbocycles. The van der Waals surface area contributed by atoms with Gasteiger partial charge in [0.15, 0.2) is 35.5 Å². The fourth-order valence-corrected chi connectivity index (χ4v) is 12.6. The van der Waals surface area contributed by atoms with Crippen molar-refractivity contribution in [2.75, 3.05) is 61.0 Å². The summed E-state index contributed by atoms with van der Waals surface area (Å²) in [4.78, 5) is 137. The summed E-state index contributed by atoms with van der Waals surface area (Å²) < 4.78 is 35.4. The van der Waals surface area contributed by atoms with Crippen LogP contribution in [0.4, 0.5) is 41.9 Å². The maximum atomic E-state index is 14.2. The normalized spacial score (nSPS) is 18.6. The number of alkyl carbamates (subject to hydrolysis) is 2. The van der Waals surface area contributed by atoms with Gasteiger partial charge in [-0.3, -0.25) is 28.8 Å². The number of benzene rings is 4. The standard InChI is InChI=1S/C71H90N10O20/c1-11-30-98-68(90)76-58(38(3)4)62(84)72-40(7)60(82)74-44-24-20-42(21-25-44)32-46(100-56-36-52-48(34-54(56)96-9)64(86)78-28-14-18-50(78)66(88)80(52)70(92)93)16-13-17-47(101-57-37-53-49(35-55(57)97-10)65(87)79-29-15-19-51(79)67(89)81(53)71(94)95)33-43-22-26-45(27-23-43)75-61(83)41(8)73-63(85)59(39(5)6)77-69(91)99-31-12-2/h11-12,20-27,34-41,46-47,50-51,58-59,66-67,88-89H,1-2,13-19,28-33H2,3-10H3,(H,72,84)(H,73,85)(H,74,82)(H,75,83)(H,76,90)(H,77,91)(H,92,93)(H,94,95)/t40-,41-,46-,47-,50?,51?,58-,59-,66?,67?/m0/s1. The second-order valence-corrected chi connectivity index (χ2v) is 25.7. The quantitative estimate of drug-likeness (QED) is 0.0231. The minimum atomic E-state index is -1.62. The van der Waals surface area contributed by atoms with Gasteiger partial charge in [0.2, 0.25) is 23.6 Å². The molecule has 101 heavy (non-hydrogen) atoms. The molecule has 2 saturated heterocycles. The second-order valence-electron chi connectivity index (χ2n) is 25.7. The van der Waals surface area contributed by atoms with Crippen LogP contribution < -0.4 is 60.6 Å². The van der Waals surface area contributed by atoms with E-state index in [1.165, 1.54) is 74.3 Å². The first-order chi connectivity index (χ1) is 48.2. The van der Waals surface area contributed by atoms with Gasteiger partial charge in [-0.2, -0.15) is 0 Å². The second kappa shape index (κ2) is 34.4. The summed E-state index contributed by atoms with van der Waals surface area (Å²) in [6, 6.07) is 13.2. The van der Waals surface area contributed by atoms with E-state index in [0.717, 1.165) is 9.80 Å². The molecular weight excluding hydrogens is 1310 g/mol. The zero-order chi connectivity index (χ0) is 73.5. The summed E-state index contributed by atoms with van der Waals surface area (Å²) in [6.07, 6.45) is -3.98. The molecular formula is C71H90N10O20. The van der Waals surface area contributed by atoms with Crippen molar-refractivity contribution in [2.24, 2.45) is 11.8 Å². The third-order valence-electron chi connectivity index (χ3n) is 17.9. The molecule has 10 N–H and O–H groups in total. The average molecular weight is 1400 g/mol. The van der Waals surface area contributed by atoms with E-state index >= 15 is 0 Å². The van der Waals surface area contributed by atoms with Gasteiger partial charge in [-0.1, -0.05) is 77.3 Å². The van der Waals surface area contributed by atoms with E-state index in [4.69, 9.17) is 28.4 Å². The van der Waals surface area contributed by atoms with E-state index in [2.05, 4.69) is 45.1 Å². The number of amides is 10. The summed E-state index contributed by atoms with van der Waals surface area (Å²) in [5, 5.41) is 60.4. The Hall–Kier alpha value is -10.6. The largest absolute Gasteiger partial charge is 0.493 e. The molecule has 30 heteroatoms. The predicted octanol–water partition coefficient (Wildman–Crippen LogP) is 7.16. The lowest BCUT2D eigenvalue weighted by Crippen LogP contribution is -2.53. The molecule has 4 heterocycles. The molecule has 0 aliphatic carbocycles. The number of nitrogens with one attached hydrogen (secondary N) is 6. The van der Waals surface area contributed by atoms with Gasteiger partial charge < -0.3 is 90.5 Å². The SMILES string of the molecule is C=CCOC(=O)N[C@H](C(=O)N[C@@H](C)C(=O)Nc1ccc(C[C@H](CCC[C@@H](Cc2ccc(NC(=O)[C@H](C)NC(=O)[C@@H](NC(=O)OCC=C)C(C)C)cc2)Oc2cc3c(cc2OC)C(=O)N2CCCC2C(O)N3C(=O)O)Oc2cc3c(cc2OC)C(=O)N2CCCC2C(O)N3C(=O)O)cc1)C(C)C. The highest BCUT2D eigenvalue weighted by atomic mass is 16.6. The van der Waals surface area contributed by atoms with Crippen molar-refractivity contribution in [1.82, 2.24) is 31.1 Å². The first-order valence-corrected chi connectivity index (χ1v) is 33.5. The van der Waals surface area contributed by atoms with Crippen LogP contribution >= 0.6 is 0 Å². The highest BCUT2D eigenvalue weighted by molar-refractivity contribution is 6.07. The molecule has 2 fully saturated rings. The Bertz CT molecular complexity index is 3480. The molecule has 0 spiro atoms. The molecule has 8 rings (SSSR count). The summed E-state index contributed by atoms with van der Waals surface area (Å²) in [7, 11) is 2.72. The molecule has 10 amide bonds. The van der Waals surface area contributed by atoms with E-state index in [1.54, 1.807) is 76.2 Å². The summed E-state index contributed by atoms with van der Waals surface area (Å²) in [5.74, 6) is -3.93. The van der Waals surface area contributed by atoms with E-state index < -0.39 is 121 Å². The van der Waals surface area contributed by atoms with Crippen LogP contribution in [0.5, 0.6) is 23.0 Å². The number of rotatable bonds is 30. The number of aliphatic hydroxyl groups is 2. The molecule has 4 aliphatic rings. The Morgan fingerprint density at radius 1 is 0.535 bits per heavy atom. The smallest absolute Gasteiger partial charge is 0.414 e. The Morgan fingerprint density at radius 2 is 0.901 bits per heavy atom. The van der Waals surface area contributed by atoms with E-state index in [9.17, 15) is 68.4 Å². The number of carbonyl (C=O) groups is 10. The Labute approximate surface area is 584 Å². The first kappa shape index (κ1) is 76.1. The van der Waals surface area contributed by atoms with Crippen LogP contribution in [-0.2, 0) is 41.5 Å². The maximum absolute atomic E-state index is 14.2. The van der Waals surface area contributed by atoms with Crippen molar-refractivity contribution >= 4 is 82.6 Å². The number of anilines is 4. The Balaban J connectivity index is 1.09. The van der Waals surface area contributed by atoms with Crippen LogP contribution in [0.25, 0.3) is 0 Å². The highest BCUT2D eigenvalue weighted by Crippen LogP contribution is 2.44. The third-order valence-corrected chi connectivity index (χ3v) is 17.9. The number of fused-ring (bicyclic) bond motifs is 4. The van der Waals surface area contributed by atoms with Gasteiger partial charge in [-0.05, 0) is 118 Å². The predicted molar refractivity (Wildman–Crippen MR) is 369 cm³/mol. The number of carbonyl (C=O) groups excluding carboxylic acids is 8. The summed E-state index contributed by atoms with van der Waals surface area (Å²) in [6.45, 7) is 17.3. The van der Waals surface area contributed by atoms with Crippen molar-refractivity contribution in [2.45, 2.75) is 160 Å². The van der Waals surface area contributed by atoms with Gasteiger partial charge in [0.05, 0.1) is 48.8 Å². The van der Waals surface area contributed by atoms with Crippen molar-refractivity contribution in [3.8, 4) is 23.0 Å². The van der Waals surface area contributed by atoms with Gasteiger partial charge in [-0.25, -0.2) is 29.0 Å². The number of hydrogen-bond acceptors (Lipinski definition) is 18. The lowest BCUT2D eigenvalue weighted by Gasteiger charge is -2.30. The molecule has 0 radical (unpaired) electrons. The molecule has 4 aliphatic heterocycles. The minimum Gasteiger partial charge on any atom is -0.493 e. The van der Waals surface area contributed by atoms with Crippen LogP contribution in [0, 0.1) is 11.8 Å². The van der Waals surface area contributed by atoms with Crippen LogP contribution in [0.3, 0.4) is 0 Å². The number of carboxylic acid groups (broad SMARTS) is 2. The molecule has 4 unspecified atom stereocenters. The Morgan fingerprint density at radius 3 is 1.23 bits per heavy atom. The number of methoxy groups -OCH3 is 2. The molecule has 0 bridgehead atoms. The molecule has 0 aromatic heterocycles. The zero-order valence-corrected chi connectivity index (χ0v) is 57.7. The van der Waals surface area contributed by atoms with Gasteiger partial charge >= 0.3 is 24.4 Å². The summed E-state index contributed by atoms with van der Waals surface area (Å²) in [5.41, 5.74) is 1.74. The number of hydrogen-bond donors (Lipinski definition) is 10. The lowest BCUT2D eigenvalue weighted by atomic mass is 9.98. The van der Waals surface area contributed by atoms with Gasteiger partial charge in [0.1, 0.15) is 49.6 Å². The lowest BCUT2D eigenvalue weighted by molar-refractivity contribution is -0.128. The minimum absolute atomic E-state index is 0.0259. The van der Waals surface area contributed by atoms with Crippen molar-refractivity contribution in [3.63, 3.8) is 0 Å². The van der Waals surface area contributed by atoms with Crippen LogP contribution in [-0.4, -0.2) is 191 Å². The van der Waals surface area contributed by atoms with Crippen molar-refractivity contribution in [1.29, 1.82) is 0 Å². The monoisotopic (exact) mass is 1400 g/mol. The highest BCUT2D eigenvalue weighted by Gasteiger charge is 2.47. The van der Waals surface area contributed by atoms with E-state index in [0.29, 0.717) is 54.6 Å². The van der Waals surface area contributed by atoms with Crippen LogP contribution in [0.1, 0.15) is 118 Å². The maximum Gasteiger partial charge on any atom is 0.414 e. The topological polar surface area (TPSA) is 392 Å². The zero-order valence-electron chi connectivity index (χ0n) is 57.7. The van der Waals surface area contributed by atoms with Crippen molar-refractivity contribution < 1.29 is 96.8 Å². The summed E-state index contributed by atoms with van der Waals surface area (Å²) >= 11 is 0. The fourth-order valence-electron chi connectivity index (χ4n) is 12.6. The Kier molecular flexibility index (Phi) is 26.0. The first-order valence-electron chi connectivity index (χ1n) is 33.5. The van der Waals surface area contributed by atoms with E-state index in [-0.39, 0.29) is 109 Å². The number of aliphatic hydroxyl groups excluding tert-OH is 2. The van der Waals surface area contributed by atoms with Crippen LogP contribution in [0.2, 0.25) is 0 Å². The van der Waals surface area contributed by atoms with Crippen molar-refractivity contribution in [3.05, 3.63) is 120 Å². The van der Waals surface area contributed by atoms with Gasteiger partial charge in [0, 0.05) is 49.4 Å². The molecule has 30 nitrogen and oxygen atoms in total. The van der Waals surface area contributed by atoms with Gasteiger partial charge in [-0.15, -0.1) is 0 Å². The molecule has 10 atom stereocenters. The van der Waals surface area contributed by atoms with E-state index in [1.807, 2.05) is 0 Å². The average Bonchev–Trinajstić information content (AvgIpc) is 1.63. The van der Waals surface area contributed by atoms with Gasteiger partial charge in [0.25, 0.3) is 11.8 Å². The van der Waals surface area contributed by atoms with Crippen LogP contribution in [0.15, 0.2) is 98.1 Å². The molecule has 4 aromatic rings. The molecule has 4 aromatic carbocycles.